The molecule has 0 atom stereocenters. The lowest BCUT2D eigenvalue weighted by atomic mass is 10.1. The summed E-state index contributed by atoms with van der Waals surface area (Å²) in [6.07, 6.45) is 0. The number of methoxy groups -OCH3 is 1. The molecule has 0 saturated heterocycles. The third-order valence-corrected chi connectivity index (χ3v) is 5.96. The zero-order valence-electron chi connectivity index (χ0n) is 19.3. The van der Waals surface area contributed by atoms with Crippen LogP contribution in [0, 0.1) is 6.92 Å². The van der Waals surface area contributed by atoms with Crippen molar-refractivity contribution in [3.05, 3.63) is 78.4 Å². The van der Waals surface area contributed by atoms with Crippen molar-refractivity contribution in [2.75, 3.05) is 24.8 Å². The third-order valence-electron chi connectivity index (χ3n) is 5.03. The van der Waals surface area contributed by atoms with E-state index in [0.717, 1.165) is 17.0 Å². The lowest BCUT2D eigenvalue weighted by Gasteiger charge is -2.12. The summed E-state index contributed by atoms with van der Waals surface area (Å²) in [7, 11) is 1.59. The van der Waals surface area contributed by atoms with E-state index in [9.17, 15) is 4.79 Å². The Labute approximate surface area is 203 Å². The lowest BCUT2D eigenvalue weighted by molar-refractivity contribution is -0.113. The average Bonchev–Trinajstić information content (AvgIpc) is 3.28. The van der Waals surface area contributed by atoms with Gasteiger partial charge in [-0.25, -0.2) is 0 Å². The molecule has 0 radical (unpaired) electrons. The number of benzene rings is 3. The maximum Gasteiger partial charge on any atom is 0.234 e. The maximum absolute atomic E-state index is 12.6. The molecule has 0 aliphatic rings. The van der Waals surface area contributed by atoms with Crippen molar-refractivity contribution < 1.29 is 14.3 Å². The Balaban J connectivity index is 1.58. The van der Waals surface area contributed by atoms with Gasteiger partial charge in [0.25, 0.3) is 0 Å². The van der Waals surface area contributed by atoms with Crippen molar-refractivity contribution in [3.8, 4) is 28.6 Å². The van der Waals surface area contributed by atoms with Gasteiger partial charge in [0.05, 0.1) is 19.5 Å². The van der Waals surface area contributed by atoms with Gasteiger partial charge >= 0.3 is 0 Å². The molecule has 4 aromatic rings. The number of carbonyl (C=O) groups excluding carboxylic acids is 1. The normalized spacial score (nSPS) is 10.7. The zero-order chi connectivity index (χ0) is 23.9. The minimum Gasteiger partial charge on any atom is -0.497 e. The first-order chi connectivity index (χ1) is 16.6. The van der Waals surface area contributed by atoms with Gasteiger partial charge in [-0.1, -0.05) is 47.7 Å². The van der Waals surface area contributed by atoms with Gasteiger partial charge in [0.15, 0.2) is 11.0 Å². The number of aromatic nitrogens is 3. The van der Waals surface area contributed by atoms with E-state index in [-0.39, 0.29) is 11.7 Å². The largest absolute Gasteiger partial charge is 0.497 e. The maximum atomic E-state index is 12.6. The molecule has 0 saturated carbocycles. The van der Waals surface area contributed by atoms with E-state index in [0.29, 0.717) is 29.0 Å². The third kappa shape index (κ3) is 5.58. The van der Waals surface area contributed by atoms with Crippen LogP contribution in [-0.4, -0.2) is 40.1 Å². The van der Waals surface area contributed by atoms with Crippen LogP contribution in [0.4, 0.5) is 5.69 Å². The highest BCUT2D eigenvalue weighted by Crippen LogP contribution is 2.29. The number of thioether (sulfide) groups is 1. The SMILES string of the molecule is CCOc1ccc(-n2c(SCC(=O)Nc3cccc(OC)c3)nnc2-c2ccc(C)cc2)cc1. The summed E-state index contributed by atoms with van der Waals surface area (Å²) in [5.74, 6) is 2.23. The smallest absolute Gasteiger partial charge is 0.234 e. The van der Waals surface area contributed by atoms with E-state index < -0.39 is 0 Å². The van der Waals surface area contributed by atoms with E-state index in [1.54, 1.807) is 13.2 Å². The number of amides is 1. The Morgan fingerprint density at radius 2 is 1.76 bits per heavy atom. The van der Waals surface area contributed by atoms with Crippen molar-refractivity contribution in [2.24, 2.45) is 0 Å². The second-order valence-corrected chi connectivity index (χ2v) is 8.45. The predicted molar refractivity (Wildman–Crippen MR) is 135 cm³/mol. The van der Waals surface area contributed by atoms with E-state index in [2.05, 4.69) is 15.5 Å². The fourth-order valence-electron chi connectivity index (χ4n) is 3.37. The standard InChI is InChI=1S/C26H26N4O3S/c1-4-33-22-14-12-21(13-15-22)30-25(19-10-8-18(2)9-11-19)28-29-26(30)34-17-24(31)27-20-6-5-7-23(16-20)32-3/h5-16H,4,17H2,1-3H3,(H,27,31). The molecule has 0 aliphatic carbocycles. The van der Waals surface area contributed by atoms with Crippen LogP contribution >= 0.6 is 11.8 Å². The topological polar surface area (TPSA) is 78.3 Å². The molecular formula is C26H26N4O3S. The summed E-state index contributed by atoms with van der Waals surface area (Å²) in [4.78, 5) is 12.6. The first-order valence-corrected chi connectivity index (χ1v) is 11.9. The van der Waals surface area contributed by atoms with Crippen LogP contribution < -0.4 is 14.8 Å². The number of carbonyl (C=O) groups is 1. The Kier molecular flexibility index (Phi) is 7.49. The average molecular weight is 475 g/mol. The molecule has 174 valence electrons. The first kappa shape index (κ1) is 23.4. The monoisotopic (exact) mass is 474 g/mol. The Morgan fingerprint density at radius 1 is 1.00 bits per heavy atom. The highest BCUT2D eigenvalue weighted by atomic mass is 32.2. The van der Waals surface area contributed by atoms with Gasteiger partial charge in [-0.15, -0.1) is 10.2 Å². The highest BCUT2D eigenvalue weighted by Gasteiger charge is 2.17. The molecule has 34 heavy (non-hydrogen) atoms. The van der Waals surface area contributed by atoms with Crippen LogP contribution in [0.3, 0.4) is 0 Å². The van der Waals surface area contributed by atoms with Crippen LogP contribution in [0.5, 0.6) is 11.5 Å². The van der Waals surface area contributed by atoms with Gasteiger partial charge in [-0.2, -0.15) is 0 Å². The summed E-state index contributed by atoms with van der Waals surface area (Å²) in [5, 5.41) is 12.4. The lowest BCUT2D eigenvalue weighted by Crippen LogP contribution is -2.14. The van der Waals surface area contributed by atoms with Crippen LogP contribution in [0.2, 0.25) is 0 Å². The second kappa shape index (κ2) is 10.9. The van der Waals surface area contributed by atoms with Crippen molar-refractivity contribution in [1.82, 2.24) is 14.8 Å². The van der Waals surface area contributed by atoms with Gasteiger partial charge in [-0.05, 0) is 50.2 Å². The van der Waals surface area contributed by atoms with Crippen molar-refractivity contribution >= 4 is 23.4 Å². The molecule has 0 spiro atoms. The van der Waals surface area contributed by atoms with E-state index in [4.69, 9.17) is 9.47 Å². The Hall–Kier alpha value is -3.78. The van der Waals surface area contributed by atoms with Gasteiger partial charge < -0.3 is 14.8 Å². The fraction of sp³-hybridized carbons (Fsp3) is 0.192. The first-order valence-electron chi connectivity index (χ1n) is 10.9. The molecule has 1 N–H and O–H groups in total. The molecule has 7 nitrogen and oxygen atoms in total. The predicted octanol–water partition coefficient (Wildman–Crippen LogP) is 5.38. The van der Waals surface area contributed by atoms with Crippen LogP contribution in [0.15, 0.2) is 78.0 Å². The van der Waals surface area contributed by atoms with Crippen molar-refractivity contribution in [1.29, 1.82) is 0 Å². The number of nitrogens with one attached hydrogen (secondary N) is 1. The summed E-state index contributed by atoms with van der Waals surface area (Å²) >= 11 is 1.33. The van der Waals surface area contributed by atoms with Crippen LogP contribution in [0.1, 0.15) is 12.5 Å². The quantitative estimate of drug-likeness (QED) is 0.328. The van der Waals surface area contributed by atoms with Gasteiger partial charge in [0.1, 0.15) is 11.5 Å². The second-order valence-electron chi connectivity index (χ2n) is 7.50. The molecule has 1 aromatic heterocycles. The van der Waals surface area contributed by atoms with E-state index in [1.165, 1.54) is 17.3 Å². The number of anilines is 1. The summed E-state index contributed by atoms with van der Waals surface area (Å²) in [6.45, 7) is 4.60. The zero-order valence-corrected chi connectivity index (χ0v) is 20.1. The molecule has 4 rings (SSSR count). The number of hydrogen-bond donors (Lipinski definition) is 1. The number of nitrogens with zero attached hydrogens (tertiary/aromatic N) is 3. The van der Waals surface area contributed by atoms with Gasteiger partial charge in [0, 0.05) is 23.0 Å². The van der Waals surface area contributed by atoms with Crippen LogP contribution in [-0.2, 0) is 4.79 Å². The molecule has 1 heterocycles. The molecule has 0 fully saturated rings. The minimum atomic E-state index is -0.142. The van der Waals surface area contributed by atoms with Crippen LogP contribution in [0.25, 0.3) is 17.1 Å². The Bertz CT molecular complexity index is 1250. The van der Waals surface area contributed by atoms with Crippen molar-refractivity contribution in [3.63, 3.8) is 0 Å². The van der Waals surface area contributed by atoms with Gasteiger partial charge in [-0.3, -0.25) is 9.36 Å². The molecule has 8 heteroatoms. The minimum absolute atomic E-state index is 0.142. The van der Waals surface area contributed by atoms with Crippen molar-refractivity contribution in [2.45, 2.75) is 19.0 Å². The fourth-order valence-corrected chi connectivity index (χ4v) is 4.12. The molecule has 3 aromatic carbocycles. The molecule has 1 amide bonds. The number of aryl methyl sites for hydroxylation is 1. The number of rotatable bonds is 9. The summed E-state index contributed by atoms with van der Waals surface area (Å²) in [5.41, 5.74) is 3.68. The molecular weight excluding hydrogens is 448 g/mol. The molecule has 0 unspecified atom stereocenters. The van der Waals surface area contributed by atoms with E-state index in [1.807, 2.05) is 85.1 Å². The molecule has 0 aliphatic heterocycles. The summed E-state index contributed by atoms with van der Waals surface area (Å²) < 4.78 is 12.8. The highest BCUT2D eigenvalue weighted by molar-refractivity contribution is 7.99. The van der Waals surface area contributed by atoms with E-state index >= 15 is 0 Å². The summed E-state index contributed by atoms with van der Waals surface area (Å²) in [6, 6.07) is 23.2. The van der Waals surface area contributed by atoms with Gasteiger partial charge in [0.2, 0.25) is 5.91 Å². The molecule has 0 bridgehead atoms. The number of ether oxygens (including phenoxy) is 2. The number of hydrogen-bond acceptors (Lipinski definition) is 6. The Morgan fingerprint density at radius 3 is 2.47 bits per heavy atom.